The highest BCUT2D eigenvalue weighted by atomic mass is 35.5. The van der Waals surface area contributed by atoms with Gasteiger partial charge in [-0.05, 0) is 84.6 Å². The zero-order chi connectivity index (χ0) is 27.1. The van der Waals surface area contributed by atoms with Crippen LogP contribution in [0.1, 0.15) is 38.1 Å². The average molecular weight is 545 g/mol. The van der Waals surface area contributed by atoms with Gasteiger partial charge in [0.05, 0.1) is 18.3 Å². The topological polar surface area (TPSA) is 52.8 Å². The van der Waals surface area contributed by atoms with Crippen LogP contribution in [0.3, 0.4) is 0 Å². The molecule has 0 atom stereocenters. The molecule has 0 aliphatic heterocycles. The number of hydrogen-bond acceptors (Lipinski definition) is 4. The highest BCUT2D eigenvalue weighted by molar-refractivity contribution is 6.30. The van der Waals surface area contributed by atoms with Gasteiger partial charge in [-0.25, -0.2) is 15.0 Å². The lowest BCUT2D eigenvalue weighted by Gasteiger charge is -2.25. The van der Waals surface area contributed by atoms with Gasteiger partial charge in [0.1, 0.15) is 17.1 Å². The van der Waals surface area contributed by atoms with Gasteiger partial charge < -0.3 is 9.30 Å². The normalized spacial score (nSPS) is 14.2. The quantitative estimate of drug-likeness (QED) is 0.217. The Bertz CT molecular complexity index is 1840. The fourth-order valence-electron chi connectivity index (χ4n) is 5.98. The molecule has 6 heteroatoms. The molecule has 3 aromatic heterocycles. The zero-order valence-corrected chi connectivity index (χ0v) is 23.1. The van der Waals surface area contributed by atoms with Crippen molar-refractivity contribution in [2.45, 2.75) is 38.1 Å². The first-order valence-corrected chi connectivity index (χ1v) is 14.2. The maximum absolute atomic E-state index is 6.16. The summed E-state index contributed by atoms with van der Waals surface area (Å²) in [5, 5.41) is 1.79. The summed E-state index contributed by atoms with van der Waals surface area (Å²) in [5.74, 6) is 1.78. The number of methoxy groups -OCH3 is 1. The molecule has 6 aromatic rings. The van der Waals surface area contributed by atoms with Crippen molar-refractivity contribution in [3.8, 4) is 39.5 Å². The summed E-state index contributed by atoms with van der Waals surface area (Å²) in [4.78, 5) is 14.9. The summed E-state index contributed by atoms with van der Waals surface area (Å²) in [5.41, 5.74) is 8.01. The van der Waals surface area contributed by atoms with Crippen LogP contribution in [0.25, 0.3) is 55.8 Å². The Morgan fingerprint density at radius 2 is 1.60 bits per heavy atom. The summed E-state index contributed by atoms with van der Waals surface area (Å²) in [6.07, 6.45) is 8.03. The van der Waals surface area contributed by atoms with Crippen LogP contribution < -0.4 is 4.74 Å². The van der Waals surface area contributed by atoms with Gasteiger partial charge >= 0.3 is 0 Å². The third kappa shape index (κ3) is 4.50. The van der Waals surface area contributed by atoms with Crippen molar-refractivity contribution in [2.24, 2.45) is 0 Å². The molecule has 7 rings (SSSR count). The maximum Gasteiger partial charge on any atom is 0.160 e. The van der Waals surface area contributed by atoms with Crippen LogP contribution >= 0.6 is 11.6 Å². The number of fused-ring (bicyclic) bond motifs is 2. The Hall–Kier alpha value is -4.22. The first kappa shape index (κ1) is 24.8. The molecular formula is C34H29ClN4O. The Morgan fingerprint density at radius 3 is 2.42 bits per heavy atom. The molecular weight excluding hydrogens is 516 g/mol. The fourth-order valence-corrected chi connectivity index (χ4v) is 6.10. The lowest BCUT2D eigenvalue weighted by molar-refractivity contribution is 0.361. The van der Waals surface area contributed by atoms with Gasteiger partial charge in [-0.15, -0.1) is 0 Å². The van der Waals surface area contributed by atoms with E-state index in [2.05, 4.69) is 47.0 Å². The number of pyridine rings is 2. The van der Waals surface area contributed by atoms with E-state index in [1.54, 1.807) is 7.11 Å². The average Bonchev–Trinajstić information content (AvgIpc) is 3.41. The van der Waals surface area contributed by atoms with Gasteiger partial charge in [-0.3, -0.25) is 0 Å². The first-order valence-electron chi connectivity index (χ1n) is 13.9. The molecule has 3 heterocycles. The summed E-state index contributed by atoms with van der Waals surface area (Å²) < 4.78 is 7.94. The van der Waals surface area contributed by atoms with Crippen LogP contribution in [-0.2, 0) is 0 Å². The fraction of sp³-hybridized carbons (Fsp3) is 0.206. The van der Waals surface area contributed by atoms with Gasteiger partial charge in [0.25, 0.3) is 0 Å². The number of nitrogens with zero attached hydrogens (tertiary/aromatic N) is 4. The molecule has 0 amide bonds. The summed E-state index contributed by atoms with van der Waals surface area (Å²) >= 11 is 6.16. The number of halogens is 1. The molecule has 0 N–H and O–H groups in total. The van der Waals surface area contributed by atoms with Crippen molar-refractivity contribution in [1.29, 1.82) is 0 Å². The molecule has 1 aliphatic carbocycles. The smallest absolute Gasteiger partial charge is 0.160 e. The van der Waals surface area contributed by atoms with E-state index in [4.69, 9.17) is 31.3 Å². The third-order valence-corrected chi connectivity index (χ3v) is 8.25. The van der Waals surface area contributed by atoms with Gasteiger partial charge in [0, 0.05) is 33.8 Å². The van der Waals surface area contributed by atoms with Crippen LogP contribution in [0.15, 0.2) is 91.1 Å². The van der Waals surface area contributed by atoms with E-state index < -0.39 is 0 Å². The van der Waals surface area contributed by atoms with Crippen molar-refractivity contribution < 1.29 is 4.74 Å². The SMILES string of the molecule is COc1ccc(-c2ccc(Cl)cc2)c(-c2ccc3cc(-c4nc5cccnc5n4C4CCCCC4)ccc3n2)c1. The summed E-state index contributed by atoms with van der Waals surface area (Å²) in [7, 11) is 1.69. The van der Waals surface area contributed by atoms with Gasteiger partial charge in [-0.2, -0.15) is 0 Å². The minimum absolute atomic E-state index is 0.430. The predicted molar refractivity (Wildman–Crippen MR) is 163 cm³/mol. The van der Waals surface area contributed by atoms with Crippen molar-refractivity contribution in [3.05, 3.63) is 96.1 Å². The number of ether oxygens (including phenoxy) is 1. The van der Waals surface area contributed by atoms with E-state index in [1.807, 2.05) is 48.7 Å². The molecule has 1 saturated carbocycles. The highest BCUT2D eigenvalue weighted by Crippen LogP contribution is 2.38. The van der Waals surface area contributed by atoms with E-state index in [-0.39, 0.29) is 0 Å². The minimum Gasteiger partial charge on any atom is -0.497 e. The van der Waals surface area contributed by atoms with Crippen LogP contribution in [0.4, 0.5) is 0 Å². The Morgan fingerprint density at radius 1 is 0.775 bits per heavy atom. The molecule has 1 aliphatic rings. The Labute approximate surface area is 238 Å². The van der Waals surface area contributed by atoms with Crippen molar-refractivity contribution >= 4 is 33.7 Å². The molecule has 0 unspecified atom stereocenters. The molecule has 40 heavy (non-hydrogen) atoms. The van der Waals surface area contributed by atoms with E-state index in [9.17, 15) is 0 Å². The number of imidazole rings is 1. The largest absolute Gasteiger partial charge is 0.497 e. The summed E-state index contributed by atoms with van der Waals surface area (Å²) in [6.45, 7) is 0. The van der Waals surface area contributed by atoms with Gasteiger partial charge in [0.2, 0.25) is 0 Å². The zero-order valence-electron chi connectivity index (χ0n) is 22.3. The van der Waals surface area contributed by atoms with Crippen molar-refractivity contribution in [3.63, 3.8) is 0 Å². The molecule has 0 bridgehead atoms. The number of aromatic nitrogens is 4. The van der Waals surface area contributed by atoms with Crippen LogP contribution in [0.5, 0.6) is 5.75 Å². The highest BCUT2D eigenvalue weighted by Gasteiger charge is 2.23. The lowest BCUT2D eigenvalue weighted by Crippen LogP contribution is -2.14. The lowest BCUT2D eigenvalue weighted by atomic mass is 9.95. The summed E-state index contributed by atoms with van der Waals surface area (Å²) in [6, 6.07) is 29.2. The number of hydrogen-bond donors (Lipinski definition) is 0. The molecule has 0 saturated heterocycles. The number of rotatable bonds is 5. The van der Waals surface area contributed by atoms with E-state index in [0.29, 0.717) is 11.1 Å². The third-order valence-electron chi connectivity index (χ3n) is 7.99. The van der Waals surface area contributed by atoms with Crippen LogP contribution in [0.2, 0.25) is 5.02 Å². The molecule has 0 radical (unpaired) electrons. The maximum atomic E-state index is 6.16. The molecule has 0 spiro atoms. The second kappa shape index (κ2) is 10.4. The monoisotopic (exact) mass is 544 g/mol. The minimum atomic E-state index is 0.430. The van der Waals surface area contributed by atoms with Crippen molar-refractivity contribution in [2.75, 3.05) is 7.11 Å². The van der Waals surface area contributed by atoms with Gasteiger partial charge in [-0.1, -0.05) is 55.1 Å². The van der Waals surface area contributed by atoms with Crippen LogP contribution in [0, 0.1) is 0 Å². The standard InChI is InChI=1S/C34H29ClN4O/c1-40-27-15-16-28(22-9-13-25(35)14-10-22)29(21-27)31-18-11-23-20-24(12-17-30(23)37-31)33-38-32-8-5-19-36-34(32)39(33)26-6-3-2-4-7-26/h5,8-21,26H,2-4,6-7H2,1H3. The van der Waals surface area contributed by atoms with E-state index >= 15 is 0 Å². The second-order valence-electron chi connectivity index (χ2n) is 10.5. The molecule has 3 aromatic carbocycles. The predicted octanol–water partition coefficient (Wildman–Crippen LogP) is 9.15. The molecule has 5 nitrogen and oxygen atoms in total. The molecule has 198 valence electrons. The van der Waals surface area contributed by atoms with Crippen molar-refractivity contribution in [1.82, 2.24) is 19.5 Å². The second-order valence-corrected chi connectivity index (χ2v) is 10.9. The van der Waals surface area contributed by atoms with E-state index in [0.717, 1.165) is 61.6 Å². The first-order chi connectivity index (χ1) is 19.7. The molecule has 1 fully saturated rings. The van der Waals surface area contributed by atoms with Crippen LogP contribution in [-0.4, -0.2) is 26.6 Å². The Balaban J connectivity index is 1.32. The number of benzene rings is 3. The van der Waals surface area contributed by atoms with Gasteiger partial charge in [0.15, 0.2) is 5.65 Å². The van der Waals surface area contributed by atoms with E-state index in [1.165, 1.54) is 32.1 Å². The Kier molecular flexibility index (Phi) is 6.45.